The van der Waals surface area contributed by atoms with Gasteiger partial charge in [-0.1, -0.05) is 0 Å². The summed E-state index contributed by atoms with van der Waals surface area (Å²) in [5.74, 6) is -2.68. The van der Waals surface area contributed by atoms with E-state index in [1.165, 1.54) is 6.07 Å². The molecule has 0 bridgehead atoms. The van der Waals surface area contributed by atoms with Crippen LogP contribution in [0.15, 0.2) is 18.2 Å². The topological polar surface area (TPSA) is 52.6 Å². The van der Waals surface area contributed by atoms with Crippen molar-refractivity contribution < 1.29 is 83.6 Å². The predicted molar refractivity (Wildman–Crippen MR) is 63.0 cm³/mol. The molecule has 1 aliphatic heterocycles. The van der Waals surface area contributed by atoms with Gasteiger partial charge in [-0.25, -0.2) is 4.39 Å². The first-order valence-corrected chi connectivity index (χ1v) is 6.20. The van der Waals surface area contributed by atoms with E-state index in [9.17, 15) is 27.5 Å². The Bertz CT molecular complexity index is 539. The molecule has 1 aliphatic rings. The minimum Gasteiger partial charge on any atom is -0.548 e. The van der Waals surface area contributed by atoms with Crippen molar-refractivity contribution in [3.8, 4) is 0 Å². The van der Waals surface area contributed by atoms with Crippen LogP contribution in [0.5, 0.6) is 0 Å². The monoisotopic (exact) mass is 345 g/mol. The van der Waals surface area contributed by atoms with Gasteiger partial charge in [0.05, 0.1) is 24.2 Å². The fraction of sp³-hybridized carbons (Fsp3) is 0.462. The second-order valence-electron chi connectivity index (χ2n) is 4.70. The maximum absolute atomic E-state index is 13.2. The summed E-state index contributed by atoms with van der Waals surface area (Å²) in [7, 11) is 0. The Morgan fingerprint density at radius 3 is 2.68 bits per heavy atom. The third kappa shape index (κ3) is 5.17. The molecule has 9 heteroatoms. The maximum atomic E-state index is 13.2. The molecule has 1 atom stereocenters. The van der Waals surface area contributed by atoms with Crippen LogP contribution in [0.2, 0.25) is 0 Å². The molecule has 1 saturated heterocycles. The number of carbonyl (C=O) groups is 1. The van der Waals surface area contributed by atoms with E-state index in [1.807, 2.05) is 0 Å². The van der Waals surface area contributed by atoms with Gasteiger partial charge in [-0.3, -0.25) is 0 Å². The molecule has 0 radical (unpaired) electrons. The van der Waals surface area contributed by atoms with Crippen LogP contribution in [-0.2, 0) is 15.7 Å². The number of anilines is 1. The van der Waals surface area contributed by atoms with Gasteiger partial charge in [0, 0.05) is 18.8 Å². The van der Waals surface area contributed by atoms with E-state index in [4.69, 9.17) is 4.74 Å². The van der Waals surface area contributed by atoms with E-state index < -0.39 is 36.2 Å². The van der Waals surface area contributed by atoms with Gasteiger partial charge in [0.2, 0.25) is 0 Å². The molecule has 1 aromatic rings. The summed E-state index contributed by atoms with van der Waals surface area (Å²) in [6.07, 6.45) is -4.68. The van der Waals surface area contributed by atoms with Crippen LogP contribution in [0.25, 0.3) is 0 Å². The number of carboxylic acid groups (broad SMARTS) is 1. The summed E-state index contributed by atoms with van der Waals surface area (Å²) in [6, 6.07) is 2.77. The average molecular weight is 345 g/mol. The van der Waals surface area contributed by atoms with E-state index in [0.717, 1.165) is 12.1 Å². The smallest absolute Gasteiger partial charge is 0.548 e. The first kappa shape index (κ1) is 19.9. The number of ether oxygens (including phenoxy) is 1. The van der Waals surface area contributed by atoms with E-state index in [2.05, 4.69) is 0 Å². The van der Waals surface area contributed by atoms with Crippen LogP contribution in [0.4, 0.5) is 23.2 Å². The Balaban J connectivity index is 0.00000242. The molecule has 0 N–H and O–H groups in total. The van der Waals surface area contributed by atoms with Gasteiger partial charge in [0.1, 0.15) is 5.82 Å². The summed E-state index contributed by atoms with van der Waals surface area (Å²) in [6.45, 7) is 0.0899. The number of benzene rings is 1. The number of carbonyl (C=O) groups excluding carboxylic acids is 1. The third-order valence-electron chi connectivity index (χ3n) is 3.20. The van der Waals surface area contributed by atoms with Crippen LogP contribution in [-0.4, -0.2) is 31.8 Å². The quantitative estimate of drug-likeness (QED) is 0.477. The summed E-state index contributed by atoms with van der Waals surface area (Å²) < 4.78 is 56.2. The number of rotatable bonds is 4. The minimum absolute atomic E-state index is 0. The first-order chi connectivity index (χ1) is 9.77. The van der Waals surface area contributed by atoms with Crippen molar-refractivity contribution in [3.63, 3.8) is 0 Å². The Morgan fingerprint density at radius 2 is 2.09 bits per heavy atom. The molecular weight excluding hydrogens is 333 g/mol. The SMILES string of the molecule is O=C([O-])COC1CCN(c2ccc(F)c(C(F)(F)F)c2)C1.[K+]. The Labute approximate surface area is 166 Å². The molecule has 1 aromatic carbocycles. The molecule has 0 saturated carbocycles. The molecule has 4 nitrogen and oxygen atoms in total. The molecule has 0 aliphatic carbocycles. The molecule has 0 amide bonds. The Morgan fingerprint density at radius 1 is 1.41 bits per heavy atom. The molecule has 0 spiro atoms. The summed E-state index contributed by atoms with van der Waals surface area (Å²) in [5, 5.41) is 10.3. The zero-order valence-corrected chi connectivity index (χ0v) is 14.9. The van der Waals surface area contributed by atoms with Crippen molar-refractivity contribution in [1.29, 1.82) is 0 Å². The van der Waals surface area contributed by atoms with Crippen molar-refractivity contribution in [3.05, 3.63) is 29.6 Å². The third-order valence-corrected chi connectivity index (χ3v) is 3.20. The van der Waals surface area contributed by atoms with Gasteiger partial charge < -0.3 is 19.5 Å². The summed E-state index contributed by atoms with van der Waals surface area (Å²) >= 11 is 0. The Hall–Kier alpha value is -0.194. The van der Waals surface area contributed by atoms with Crippen molar-refractivity contribution in [2.45, 2.75) is 18.7 Å². The van der Waals surface area contributed by atoms with Gasteiger partial charge in [-0.05, 0) is 24.6 Å². The number of hydrogen-bond donors (Lipinski definition) is 0. The number of alkyl halides is 3. The van der Waals surface area contributed by atoms with Crippen molar-refractivity contribution in [1.82, 2.24) is 0 Å². The average Bonchev–Trinajstić information content (AvgIpc) is 2.84. The van der Waals surface area contributed by atoms with Crippen LogP contribution in [0, 0.1) is 5.82 Å². The molecule has 2 rings (SSSR count). The van der Waals surface area contributed by atoms with Gasteiger partial charge in [0.25, 0.3) is 0 Å². The zero-order valence-electron chi connectivity index (χ0n) is 11.8. The van der Waals surface area contributed by atoms with Crippen LogP contribution in [0.1, 0.15) is 12.0 Å². The Kier molecular flexibility index (Phi) is 7.28. The largest absolute Gasteiger partial charge is 1.00 e. The van der Waals surface area contributed by atoms with E-state index in [0.29, 0.717) is 13.0 Å². The number of hydrogen-bond acceptors (Lipinski definition) is 4. The molecule has 116 valence electrons. The number of aliphatic carboxylic acids is 1. The van der Waals surface area contributed by atoms with Crippen LogP contribution in [0.3, 0.4) is 0 Å². The fourth-order valence-corrected chi connectivity index (χ4v) is 2.21. The molecule has 1 unspecified atom stereocenters. The standard InChI is InChI=1S/C13H13F4NO3.K/c14-11-2-1-8(5-10(11)13(15,16)17)18-4-3-9(6-18)21-7-12(19)20;/h1-2,5,9H,3-4,6-7H2,(H,19,20);/q;+1/p-1. The number of nitrogens with zero attached hydrogens (tertiary/aromatic N) is 1. The molecular formula is C13H12F4KNO3. The maximum Gasteiger partial charge on any atom is 1.00 e. The van der Waals surface area contributed by atoms with Crippen molar-refractivity contribution >= 4 is 11.7 Å². The van der Waals surface area contributed by atoms with E-state index >= 15 is 0 Å². The summed E-state index contributed by atoms with van der Waals surface area (Å²) in [4.78, 5) is 11.9. The molecule has 1 heterocycles. The normalized spacial score (nSPS) is 18.2. The van der Waals surface area contributed by atoms with E-state index in [1.54, 1.807) is 4.90 Å². The molecule has 0 aromatic heterocycles. The van der Waals surface area contributed by atoms with Crippen LogP contribution < -0.4 is 61.4 Å². The van der Waals surface area contributed by atoms with Crippen LogP contribution >= 0.6 is 0 Å². The molecule has 1 fully saturated rings. The summed E-state index contributed by atoms with van der Waals surface area (Å²) in [5.41, 5.74) is -1.10. The second-order valence-corrected chi connectivity index (χ2v) is 4.70. The van der Waals surface area contributed by atoms with E-state index in [-0.39, 0.29) is 63.6 Å². The molecule has 22 heavy (non-hydrogen) atoms. The fourth-order valence-electron chi connectivity index (χ4n) is 2.21. The first-order valence-electron chi connectivity index (χ1n) is 6.20. The second kappa shape index (κ2) is 8.07. The van der Waals surface area contributed by atoms with Gasteiger partial charge >= 0.3 is 57.6 Å². The van der Waals surface area contributed by atoms with Gasteiger partial charge in [0.15, 0.2) is 0 Å². The van der Waals surface area contributed by atoms with Gasteiger partial charge in [-0.2, -0.15) is 13.2 Å². The zero-order chi connectivity index (χ0) is 15.6. The minimum atomic E-state index is -4.76. The van der Waals surface area contributed by atoms with Gasteiger partial charge in [-0.15, -0.1) is 0 Å². The van der Waals surface area contributed by atoms with Crippen molar-refractivity contribution in [2.24, 2.45) is 0 Å². The predicted octanol–water partition coefficient (Wildman–Crippen LogP) is -1.81. The number of carboxylic acids is 1. The van der Waals surface area contributed by atoms with Crippen molar-refractivity contribution in [2.75, 3.05) is 24.6 Å². The number of halogens is 4.